The number of terminal acetylenes is 1. The average molecular weight is 325 g/mol. The molecular weight excluding hydrogens is 302 g/mol. The normalized spacial score (nSPS) is 11.6. The first kappa shape index (κ1) is 17.9. The van der Waals surface area contributed by atoms with Gasteiger partial charge in [-0.1, -0.05) is 30.2 Å². The monoisotopic (exact) mass is 325 g/mol. The molecule has 1 unspecified atom stereocenters. The van der Waals surface area contributed by atoms with Gasteiger partial charge in [-0.05, 0) is 24.3 Å². The minimum absolute atomic E-state index is 0.247. The molecule has 2 aromatic rings. The van der Waals surface area contributed by atoms with Crippen molar-refractivity contribution in [3.63, 3.8) is 0 Å². The zero-order valence-corrected chi connectivity index (χ0v) is 14.1. The van der Waals surface area contributed by atoms with E-state index in [2.05, 4.69) is 5.92 Å². The van der Waals surface area contributed by atoms with Gasteiger partial charge in [0.25, 0.3) is 0 Å². The molecule has 126 valence electrons. The Balaban J connectivity index is 1.82. The van der Waals surface area contributed by atoms with E-state index >= 15 is 0 Å². The molecule has 0 saturated carbocycles. The number of anilines is 1. The molecule has 0 aliphatic carbocycles. The van der Waals surface area contributed by atoms with E-state index in [0.717, 1.165) is 22.6 Å². The van der Waals surface area contributed by atoms with E-state index in [1.54, 1.807) is 7.11 Å². The van der Waals surface area contributed by atoms with Gasteiger partial charge in [-0.2, -0.15) is 0 Å². The fraction of sp³-hybridized carbons (Fsp3) is 0.300. The van der Waals surface area contributed by atoms with Crippen molar-refractivity contribution >= 4 is 5.69 Å². The van der Waals surface area contributed by atoms with E-state index in [-0.39, 0.29) is 6.61 Å². The second-order valence-electron chi connectivity index (χ2n) is 5.56. The minimum Gasteiger partial charge on any atom is -0.496 e. The van der Waals surface area contributed by atoms with Crippen molar-refractivity contribution in [2.24, 2.45) is 0 Å². The summed E-state index contributed by atoms with van der Waals surface area (Å²) in [5.41, 5.74) is 2.75. The lowest BCUT2D eigenvalue weighted by Gasteiger charge is -2.23. The van der Waals surface area contributed by atoms with Gasteiger partial charge in [0.05, 0.1) is 26.4 Å². The second-order valence-corrected chi connectivity index (χ2v) is 5.56. The number of para-hydroxylation sites is 1. The van der Waals surface area contributed by atoms with Gasteiger partial charge in [-0.25, -0.2) is 0 Å². The minimum atomic E-state index is -0.598. The molecule has 2 aromatic carbocycles. The van der Waals surface area contributed by atoms with Crippen LogP contribution in [0.1, 0.15) is 11.1 Å². The lowest BCUT2D eigenvalue weighted by atomic mass is 10.2. The molecular formula is C20H23NO3. The summed E-state index contributed by atoms with van der Waals surface area (Å²) in [5, 5.41) is 10.2. The Labute approximate surface area is 143 Å². The van der Waals surface area contributed by atoms with E-state index in [1.807, 2.05) is 60.5 Å². The molecule has 4 nitrogen and oxygen atoms in total. The highest BCUT2D eigenvalue weighted by Gasteiger charge is 2.10. The largest absolute Gasteiger partial charge is 0.496 e. The predicted octanol–water partition coefficient (Wildman–Crippen LogP) is 2.69. The molecule has 0 saturated heterocycles. The van der Waals surface area contributed by atoms with Crippen LogP contribution in [0.3, 0.4) is 0 Å². The Bertz CT molecular complexity index is 693. The summed E-state index contributed by atoms with van der Waals surface area (Å²) in [6, 6.07) is 15.4. The zero-order chi connectivity index (χ0) is 17.4. The van der Waals surface area contributed by atoms with E-state index in [1.165, 1.54) is 0 Å². The first-order chi connectivity index (χ1) is 11.6. The third-order valence-corrected chi connectivity index (χ3v) is 3.70. The highest BCUT2D eigenvalue weighted by molar-refractivity contribution is 5.51. The highest BCUT2D eigenvalue weighted by atomic mass is 16.5. The van der Waals surface area contributed by atoms with Gasteiger partial charge in [0.1, 0.15) is 5.75 Å². The van der Waals surface area contributed by atoms with E-state index in [0.29, 0.717) is 13.2 Å². The van der Waals surface area contributed by atoms with Crippen molar-refractivity contribution < 1.29 is 14.6 Å². The third kappa shape index (κ3) is 5.02. The Hall–Kier alpha value is -2.48. The molecule has 0 amide bonds. The molecule has 4 heteroatoms. The molecule has 24 heavy (non-hydrogen) atoms. The smallest absolute Gasteiger partial charge is 0.124 e. The van der Waals surface area contributed by atoms with E-state index in [4.69, 9.17) is 15.9 Å². The van der Waals surface area contributed by atoms with Gasteiger partial charge in [-0.3, -0.25) is 0 Å². The van der Waals surface area contributed by atoms with Crippen molar-refractivity contribution in [3.05, 3.63) is 59.7 Å². The molecule has 0 heterocycles. The van der Waals surface area contributed by atoms with Gasteiger partial charge >= 0.3 is 0 Å². The van der Waals surface area contributed by atoms with Crippen LogP contribution >= 0.6 is 0 Å². The molecule has 0 fully saturated rings. The number of methoxy groups -OCH3 is 1. The second kappa shape index (κ2) is 8.97. The van der Waals surface area contributed by atoms with Crippen LogP contribution in [0.2, 0.25) is 0 Å². The van der Waals surface area contributed by atoms with Crippen LogP contribution in [0.25, 0.3) is 0 Å². The number of aliphatic hydroxyl groups is 1. The number of aliphatic hydroxyl groups excluding tert-OH is 1. The number of ether oxygens (including phenoxy) is 2. The van der Waals surface area contributed by atoms with E-state index in [9.17, 15) is 5.11 Å². The number of likely N-dealkylation sites (N-methyl/N-ethyl adjacent to an activating group) is 1. The van der Waals surface area contributed by atoms with Crippen molar-refractivity contribution in [2.45, 2.75) is 12.7 Å². The van der Waals surface area contributed by atoms with Crippen LogP contribution in [0.5, 0.6) is 5.75 Å². The molecule has 0 aliphatic rings. The van der Waals surface area contributed by atoms with E-state index < -0.39 is 6.10 Å². The molecule has 0 spiro atoms. The number of hydrogen-bond acceptors (Lipinski definition) is 4. The van der Waals surface area contributed by atoms with Crippen LogP contribution in [-0.2, 0) is 11.3 Å². The van der Waals surface area contributed by atoms with Gasteiger partial charge in [0, 0.05) is 30.4 Å². The van der Waals surface area contributed by atoms with Crippen LogP contribution in [-0.4, -0.2) is 38.5 Å². The lowest BCUT2D eigenvalue weighted by Crippen LogP contribution is -2.32. The summed E-state index contributed by atoms with van der Waals surface area (Å²) in [6.07, 6.45) is 4.82. The van der Waals surface area contributed by atoms with Crippen LogP contribution < -0.4 is 9.64 Å². The summed E-state index contributed by atoms with van der Waals surface area (Å²) in [4.78, 5) is 1.96. The topological polar surface area (TPSA) is 41.9 Å². The number of benzene rings is 2. The summed E-state index contributed by atoms with van der Waals surface area (Å²) >= 11 is 0. The summed E-state index contributed by atoms with van der Waals surface area (Å²) in [7, 11) is 3.55. The molecule has 1 N–H and O–H groups in total. The maximum atomic E-state index is 10.2. The standard InChI is InChI=1S/C20H23NO3/c1-4-16-8-7-10-18(12-16)21(2)13-19(22)15-24-14-17-9-5-6-11-20(17)23-3/h1,5-12,19,22H,13-15H2,2-3H3. The SMILES string of the molecule is C#Cc1cccc(N(C)CC(O)COCc2ccccc2OC)c1. The van der Waals surface area contributed by atoms with Crippen LogP contribution in [0, 0.1) is 12.3 Å². The Kier molecular flexibility index (Phi) is 6.68. The first-order valence-corrected chi connectivity index (χ1v) is 7.79. The van der Waals surface area contributed by atoms with Crippen LogP contribution in [0.4, 0.5) is 5.69 Å². The quantitative estimate of drug-likeness (QED) is 0.758. The highest BCUT2D eigenvalue weighted by Crippen LogP contribution is 2.18. The molecule has 0 bridgehead atoms. The average Bonchev–Trinajstić information content (AvgIpc) is 2.62. The van der Waals surface area contributed by atoms with Crippen molar-refractivity contribution in [1.29, 1.82) is 0 Å². The maximum Gasteiger partial charge on any atom is 0.124 e. The molecule has 0 aliphatic heterocycles. The number of rotatable bonds is 8. The predicted molar refractivity (Wildman–Crippen MR) is 96.3 cm³/mol. The van der Waals surface area contributed by atoms with Crippen LogP contribution in [0.15, 0.2) is 48.5 Å². The summed E-state index contributed by atoms with van der Waals surface area (Å²) < 4.78 is 10.9. The van der Waals surface area contributed by atoms with Gasteiger partial charge in [0.2, 0.25) is 0 Å². The number of hydrogen-bond donors (Lipinski definition) is 1. The van der Waals surface area contributed by atoms with Crippen molar-refractivity contribution in [1.82, 2.24) is 0 Å². The molecule has 0 radical (unpaired) electrons. The first-order valence-electron chi connectivity index (χ1n) is 7.79. The molecule has 1 atom stereocenters. The number of nitrogens with zero attached hydrogens (tertiary/aromatic N) is 1. The van der Waals surface area contributed by atoms with Gasteiger partial charge in [0.15, 0.2) is 0 Å². The van der Waals surface area contributed by atoms with Crippen molar-refractivity contribution in [3.8, 4) is 18.1 Å². The summed E-state index contributed by atoms with van der Waals surface area (Å²) in [5.74, 6) is 3.40. The zero-order valence-electron chi connectivity index (χ0n) is 14.1. The Morgan fingerprint density at radius 3 is 2.75 bits per heavy atom. The summed E-state index contributed by atoms with van der Waals surface area (Å²) in [6.45, 7) is 1.11. The fourth-order valence-corrected chi connectivity index (χ4v) is 2.43. The fourth-order valence-electron chi connectivity index (χ4n) is 2.43. The van der Waals surface area contributed by atoms with Gasteiger partial charge in [-0.15, -0.1) is 6.42 Å². The Morgan fingerprint density at radius 2 is 2.00 bits per heavy atom. The van der Waals surface area contributed by atoms with Crippen molar-refractivity contribution in [2.75, 3.05) is 32.2 Å². The molecule has 2 rings (SSSR count). The Morgan fingerprint density at radius 1 is 1.21 bits per heavy atom. The lowest BCUT2D eigenvalue weighted by molar-refractivity contribution is 0.0317. The van der Waals surface area contributed by atoms with Gasteiger partial charge < -0.3 is 19.5 Å². The maximum absolute atomic E-state index is 10.2. The molecule has 0 aromatic heterocycles. The third-order valence-electron chi connectivity index (χ3n) is 3.70.